The molecule has 0 aliphatic rings. The van der Waals surface area contributed by atoms with Gasteiger partial charge in [-0.3, -0.25) is 4.79 Å². The topological polar surface area (TPSA) is 63.2 Å². The maximum Gasteiger partial charge on any atom is 0.251 e. The number of carbonyl (C=O) groups is 1. The molecule has 1 amide bonds. The van der Waals surface area contributed by atoms with Gasteiger partial charge in [-0.1, -0.05) is 6.07 Å². The highest BCUT2D eigenvalue weighted by atomic mass is 32.2. The lowest BCUT2D eigenvalue weighted by Crippen LogP contribution is -2.28. The van der Waals surface area contributed by atoms with Crippen LogP contribution in [0.3, 0.4) is 0 Å². The van der Waals surface area contributed by atoms with Crippen LogP contribution in [0.5, 0.6) is 0 Å². The van der Waals surface area contributed by atoms with Crippen LogP contribution in [0.25, 0.3) is 0 Å². The predicted molar refractivity (Wildman–Crippen MR) is 65.7 cm³/mol. The molecule has 0 heterocycles. The molecule has 0 saturated heterocycles. The minimum Gasteiger partial charge on any atom is -0.351 e. The molecule has 0 spiro atoms. The third kappa shape index (κ3) is 4.67. The monoisotopic (exact) mass is 259 g/mol. The fourth-order valence-electron chi connectivity index (χ4n) is 1.10. The van der Waals surface area contributed by atoms with Crippen LogP contribution in [-0.2, 0) is 9.84 Å². The van der Waals surface area contributed by atoms with Gasteiger partial charge in [-0.05, 0) is 18.2 Å². The summed E-state index contributed by atoms with van der Waals surface area (Å²) in [5, 5.41) is 2.53. The molecule has 0 fully saturated rings. The molecule has 16 heavy (non-hydrogen) atoms. The van der Waals surface area contributed by atoms with E-state index in [1.54, 1.807) is 24.3 Å². The molecule has 0 bridgehead atoms. The number of rotatable bonds is 4. The highest BCUT2D eigenvalue weighted by molar-refractivity contribution is 7.90. The number of nitrogens with one attached hydrogen (secondary N) is 1. The largest absolute Gasteiger partial charge is 0.351 e. The van der Waals surface area contributed by atoms with Crippen LogP contribution in [0.4, 0.5) is 0 Å². The van der Waals surface area contributed by atoms with Gasteiger partial charge in [-0.15, -0.1) is 12.6 Å². The second-order valence-electron chi connectivity index (χ2n) is 3.44. The molecule has 0 radical (unpaired) electrons. The van der Waals surface area contributed by atoms with Crippen molar-refractivity contribution in [3.8, 4) is 0 Å². The highest BCUT2D eigenvalue weighted by Gasteiger charge is 2.07. The van der Waals surface area contributed by atoms with Gasteiger partial charge in [0.15, 0.2) is 0 Å². The lowest BCUT2D eigenvalue weighted by molar-refractivity contribution is 0.0956. The molecule has 0 atom stereocenters. The Labute approximate surface area is 100 Å². The van der Waals surface area contributed by atoms with E-state index in [1.807, 2.05) is 0 Å². The van der Waals surface area contributed by atoms with E-state index in [9.17, 15) is 13.2 Å². The number of hydrogen-bond donors (Lipinski definition) is 2. The van der Waals surface area contributed by atoms with Crippen molar-refractivity contribution >= 4 is 28.4 Å². The smallest absolute Gasteiger partial charge is 0.251 e. The summed E-state index contributed by atoms with van der Waals surface area (Å²) in [5.74, 6) is -0.348. The van der Waals surface area contributed by atoms with E-state index in [0.717, 1.165) is 6.26 Å². The zero-order valence-corrected chi connectivity index (χ0v) is 10.5. The summed E-state index contributed by atoms with van der Waals surface area (Å²) < 4.78 is 21.7. The van der Waals surface area contributed by atoms with Crippen LogP contribution >= 0.6 is 12.6 Å². The van der Waals surface area contributed by atoms with Gasteiger partial charge in [-0.2, -0.15) is 0 Å². The molecule has 1 aromatic carbocycles. The van der Waals surface area contributed by atoms with Gasteiger partial charge in [0.2, 0.25) is 0 Å². The number of thiol groups is 1. The third-order valence-corrected chi connectivity index (χ3v) is 3.09. The first-order chi connectivity index (χ1) is 7.38. The van der Waals surface area contributed by atoms with Crippen LogP contribution < -0.4 is 5.32 Å². The first-order valence-corrected chi connectivity index (χ1v) is 7.14. The summed E-state index contributed by atoms with van der Waals surface area (Å²) in [7, 11) is -3.04. The number of hydrogen-bond acceptors (Lipinski definition) is 4. The van der Waals surface area contributed by atoms with Crippen LogP contribution in [-0.4, -0.2) is 32.9 Å². The summed E-state index contributed by atoms with van der Waals surface area (Å²) in [6, 6.07) is 6.75. The van der Waals surface area contributed by atoms with E-state index < -0.39 is 9.84 Å². The van der Waals surface area contributed by atoms with E-state index in [0.29, 0.717) is 10.5 Å². The second-order valence-corrected chi connectivity index (χ2v) is 6.21. The molecule has 0 saturated carbocycles. The normalized spacial score (nSPS) is 11.1. The Morgan fingerprint density at radius 1 is 1.44 bits per heavy atom. The molecule has 1 aromatic rings. The van der Waals surface area contributed by atoms with Gasteiger partial charge in [0.1, 0.15) is 9.84 Å². The summed E-state index contributed by atoms with van der Waals surface area (Å²) in [6.45, 7) is 0.120. The lowest BCUT2D eigenvalue weighted by Gasteiger charge is -2.04. The molecular weight excluding hydrogens is 246 g/mol. The lowest BCUT2D eigenvalue weighted by atomic mass is 10.2. The van der Waals surface area contributed by atoms with Gasteiger partial charge in [0, 0.05) is 23.3 Å². The Morgan fingerprint density at radius 2 is 2.12 bits per heavy atom. The fraction of sp³-hybridized carbons (Fsp3) is 0.300. The summed E-state index contributed by atoms with van der Waals surface area (Å²) in [5.41, 5.74) is 0.473. The Morgan fingerprint density at radius 3 is 2.69 bits per heavy atom. The molecule has 1 N–H and O–H groups in total. The van der Waals surface area contributed by atoms with Crippen LogP contribution in [0, 0.1) is 0 Å². The molecular formula is C10H13NO3S2. The van der Waals surface area contributed by atoms with E-state index in [4.69, 9.17) is 0 Å². The van der Waals surface area contributed by atoms with Gasteiger partial charge in [-0.25, -0.2) is 8.42 Å². The van der Waals surface area contributed by atoms with Gasteiger partial charge >= 0.3 is 0 Å². The predicted octanol–water partition coefficient (Wildman–Crippen LogP) is 0.750. The minimum atomic E-state index is -3.04. The molecule has 4 nitrogen and oxygen atoms in total. The van der Waals surface area contributed by atoms with Gasteiger partial charge in [0.25, 0.3) is 5.91 Å². The average molecular weight is 259 g/mol. The van der Waals surface area contributed by atoms with Crippen molar-refractivity contribution in [2.24, 2.45) is 0 Å². The highest BCUT2D eigenvalue weighted by Crippen LogP contribution is 2.08. The zero-order valence-electron chi connectivity index (χ0n) is 8.80. The Bertz CT molecular complexity index is 483. The van der Waals surface area contributed by atoms with E-state index in [1.165, 1.54) is 0 Å². The molecule has 0 unspecified atom stereocenters. The maximum absolute atomic E-state index is 11.5. The quantitative estimate of drug-likeness (QED) is 0.784. The summed E-state index contributed by atoms with van der Waals surface area (Å²) in [6.07, 6.45) is 1.13. The van der Waals surface area contributed by atoms with Gasteiger partial charge < -0.3 is 5.32 Å². The van der Waals surface area contributed by atoms with Crippen molar-refractivity contribution in [1.82, 2.24) is 5.32 Å². The van der Waals surface area contributed by atoms with Crippen LogP contribution in [0.2, 0.25) is 0 Å². The van der Waals surface area contributed by atoms with Crippen molar-refractivity contribution in [1.29, 1.82) is 0 Å². The molecule has 0 aliphatic heterocycles. The summed E-state index contributed by atoms with van der Waals surface area (Å²) in [4.78, 5) is 12.2. The molecule has 0 aromatic heterocycles. The van der Waals surface area contributed by atoms with Gasteiger partial charge in [0.05, 0.1) is 5.75 Å². The van der Waals surface area contributed by atoms with Crippen molar-refractivity contribution in [2.75, 3.05) is 18.6 Å². The standard InChI is InChI=1S/C10H13NO3S2/c1-16(13,14)6-5-11-10(12)8-3-2-4-9(15)7-8/h2-4,7,15H,5-6H2,1H3,(H,11,12). The first kappa shape index (κ1) is 13.1. The van der Waals surface area contributed by atoms with Crippen LogP contribution in [0.1, 0.15) is 10.4 Å². The van der Waals surface area contributed by atoms with Crippen molar-refractivity contribution in [3.05, 3.63) is 29.8 Å². The van der Waals surface area contributed by atoms with Crippen molar-refractivity contribution in [2.45, 2.75) is 4.90 Å². The molecule has 1 rings (SSSR count). The van der Waals surface area contributed by atoms with Crippen molar-refractivity contribution in [3.63, 3.8) is 0 Å². The minimum absolute atomic E-state index is 0.0562. The van der Waals surface area contributed by atoms with Crippen LogP contribution in [0.15, 0.2) is 29.2 Å². The summed E-state index contributed by atoms with van der Waals surface area (Å²) >= 11 is 4.11. The number of amides is 1. The first-order valence-electron chi connectivity index (χ1n) is 4.63. The van der Waals surface area contributed by atoms with E-state index in [-0.39, 0.29) is 18.2 Å². The maximum atomic E-state index is 11.5. The average Bonchev–Trinajstić information content (AvgIpc) is 2.15. The Kier molecular flexibility index (Phi) is 4.37. The number of sulfone groups is 1. The molecule has 0 aliphatic carbocycles. The van der Waals surface area contributed by atoms with E-state index in [2.05, 4.69) is 17.9 Å². The molecule has 6 heteroatoms. The number of carbonyl (C=O) groups excluding carboxylic acids is 1. The molecule has 88 valence electrons. The zero-order chi connectivity index (χ0) is 12.2. The SMILES string of the molecule is CS(=O)(=O)CCNC(=O)c1cccc(S)c1. The second kappa shape index (κ2) is 5.36. The third-order valence-electron chi connectivity index (χ3n) is 1.87. The van der Waals surface area contributed by atoms with Crippen molar-refractivity contribution < 1.29 is 13.2 Å². The Hall–Kier alpha value is -1.01. The fourth-order valence-corrected chi connectivity index (χ4v) is 1.80. The van der Waals surface area contributed by atoms with E-state index >= 15 is 0 Å². The Balaban J connectivity index is 2.54. The number of benzene rings is 1.